The van der Waals surface area contributed by atoms with Gasteiger partial charge >= 0.3 is 5.97 Å². The van der Waals surface area contributed by atoms with E-state index in [9.17, 15) is 9.59 Å². The number of esters is 1. The molecule has 0 aliphatic carbocycles. The lowest BCUT2D eigenvalue weighted by molar-refractivity contribution is -0.146. The summed E-state index contributed by atoms with van der Waals surface area (Å²) >= 11 is 1.59. The second kappa shape index (κ2) is 9.84. The molecule has 6 nitrogen and oxygen atoms in total. The third-order valence-corrected chi connectivity index (χ3v) is 5.02. The zero-order valence-electron chi connectivity index (χ0n) is 16.4. The number of amides is 1. The zero-order valence-corrected chi connectivity index (χ0v) is 17.2. The van der Waals surface area contributed by atoms with E-state index in [0.717, 1.165) is 21.7 Å². The molecule has 0 bridgehead atoms. The van der Waals surface area contributed by atoms with Crippen molar-refractivity contribution < 1.29 is 14.3 Å². The van der Waals surface area contributed by atoms with Gasteiger partial charge in [0.1, 0.15) is 11.7 Å². The van der Waals surface area contributed by atoms with Crippen LogP contribution in [0.1, 0.15) is 25.0 Å². The first-order valence-electron chi connectivity index (χ1n) is 9.37. The second-order valence-electron chi connectivity index (χ2n) is 6.41. The molecule has 0 aliphatic rings. The Bertz CT molecular complexity index is 978. The molecule has 0 fully saturated rings. The minimum Gasteiger partial charge on any atom is -0.464 e. The van der Waals surface area contributed by atoms with Gasteiger partial charge in [0.15, 0.2) is 0 Å². The van der Waals surface area contributed by atoms with E-state index in [1.165, 1.54) is 6.08 Å². The fraction of sp³-hybridized carbons (Fsp3) is 0.227. The van der Waals surface area contributed by atoms with Crippen LogP contribution in [0.5, 0.6) is 0 Å². The van der Waals surface area contributed by atoms with Crippen molar-refractivity contribution in [1.82, 2.24) is 15.1 Å². The van der Waals surface area contributed by atoms with Crippen molar-refractivity contribution in [3.8, 4) is 10.6 Å². The first-order chi connectivity index (χ1) is 14.1. The Morgan fingerprint density at radius 1 is 1.24 bits per heavy atom. The molecule has 0 radical (unpaired) electrons. The van der Waals surface area contributed by atoms with E-state index in [1.54, 1.807) is 31.3 Å². The van der Waals surface area contributed by atoms with Crippen LogP contribution in [-0.2, 0) is 20.9 Å². The molecule has 1 N–H and O–H groups in total. The van der Waals surface area contributed by atoms with Gasteiger partial charge in [-0.15, -0.1) is 11.3 Å². The number of nitrogens with one attached hydrogen (secondary N) is 1. The number of hydrogen-bond acceptors (Lipinski definition) is 5. The fourth-order valence-corrected chi connectivity index (χ4v) is 3.50. The van der Waals surface area contributed by atoms with Crippen LogP contribution >= 0.6 is 11.3 Å². The molecule has 0 aliphatic heterocycles. The smallest absolute Gasteiger partial charge is 0.328 e. The number of hydrogen-bond donors (Lipinski definition) is 1. The van der Waals surface area contributed by atoms with Crippen LogP contribution in [0, 0.1) is 0 Å². The Balaban J connectivity index is 1.77. The van der Waals surface area contributed by atoms with Crippen LogP contribution in [0.4, 0.5) is 0 Å². The first kappa shape index (κ1) is 20.5. The molecule has 3 aromatic rings. The lowest BCUT2D eigenvalue weighted by Gasteiger charge is -2.10. The van der Waals surface area contributed by atoms with Crippen molar-refractivity contribution >= 4 is 29.3 Å². The highest BCUT2D eigenvalue weighted by atomic mass is 32.1. The normalized spacial score (nSPS) is 12.1. The van der Waals surface area contributed by atoms with Gasteiger partial charge in [0, 0.05) is 17.8 Å². The van der Waals surface area contributed by atoms with Gasteiger partial charge < -0.3 is 10.1 Å². The molecule has 0 saturated heterocycles. The van der Waals surface area contributed by atoms with E-state index in [1.807, 2.05) is 58.7 Å². The van der Waals surface area contributed by atoms with Crippen LogP contribution < -0.4 is 5.32 Å². The van der Waals surface area contributed by atoms with Crippen molar-refractivity contribution in [1.29, 1.82) is 0 Å². The summed E-state index contributed by atoms with van der Waals surface area (Å²) in [6, 6.07) is 13.3. The third kappa shape index (κ3) is 5.65. The topological polar surface area (TPSA) is 73.2 Å². The molecule has 0 saturated carbocycles. The lowest BCUT2D eigenvalue weighted by atomic mass is 10.2. The van der Waals surface area contributed by atoms with Crippen molar-refractivity contribution in [2.75, 3.05) is 6.61 Å². The average molecular weight is 410 g/mol. The number of thiophene rings is 1. The van der Waals surface area contributed by atoms with Crippen LogP contribution in [0.25, 0.3) is 16.6 Å². The van der Waals surface area contributed by atoms with Gasteiger partial charge in [-0.3, -0.25) is 9.48 Å². The molecule has 1 amide bonds. The summed E-state index contributed by atoms with van der Waals surface area (Å²) in [6.45, 7) is 4.24. The van der Waals surface area contributed by atoms with E-state index in [2.05, 4.69) is 5.32 Å². The quantitative estimate of drug-likeness (QED) is 0.454. The summed E-state index contributed by atoms with van der Waals surface area (Å²) in [6.07, 6.45) is 5.05. The number of nitrogens with zero attached hydrogens (tertiary/aromatic N) is 2. The number of aromatic nitrogens is 2. The molecule has 7 heteroatoms. The molecule has 0 spiro atoms. The van der Waals surface area contributed by atoms with Gasteiger partial charge in [0.2, 0.25) is 5.91 Å². The minimum atomic E-state index is -0.704. The number of rotatable bonds is 8. The SMILES string of the molecule is CCOC(=O)C(C)NC(=O)C=Cc1cn(Cc2ccccc2)nc1-c1cccs1. The molecule has 29 heavy (non-hydrogen) atoms. The zero-order chi connectivity index (χ0) is 20.6. The number of ether oxygens (including phenoxy) is 1. The number of carbonyl (C=O) groups excluding carboxylic acids is 2. The Kier molecular flexibility index (Phi) is 6.97. The van der Waals surface area contributed by atoms with E-state index < -0.39 is 12.0 Å². The molecular weight excluding hydrogens is 386 g/mol. The number of benzene rings is 1. The molecule has 150 valence electrons. The third-order valence-electron chi connectivity index (χ3n) is 4.15. The summed E-state index contributed by atoms with van der Waals surface area (Å²) in [7, 11) is 0. The van der Waals surface area contributed by atoms with E-state index in [0.29, 0.717) is 6.54 Å². The monoisotopic (exact) mass is 409 g/mol. The maximum absolute atomic E-state index is 12.2. The Hall–Kier alpha value is -3.19. The molecular formula is C22H23N3O3S. The Morgan fingerprint density at radius 3 is 2.72 bits per heavy atom. The van der Waals surface area contributed by atoms with Crippen LogP contribution in [0.2, 0.25) is 0 Å². The highest BCUT2D eigenvalue weighted by molar-refractivity contribution is 7.13. The van der Waals surface area contributed by atoms with Gasteiger partial charge in [0.25, 0.3) is 0 Å². The summed E-state index contributed by atoms with van der Waals surface area (Å²) < 4.78 is 6.77. The van der Waals surface area contributed by atoms with Crippen molar-refractivity contribution in [2.45, 2.75) is 26.4 Å². The van der Waals surface area contributed by atoms with Crippen molar-refractivity contribution in [3.05, 3.63) is 71.2 Å². The van der Waals surface area contributed by atoms with Crippen LogP contribution in [0.3, 0.4) is 0 Å². The summed E-state index contributed by atoms with van der Waals surface area (Å²) in [5.74, 6) is -0.817. The number of carbonyl (C=O) groups is 2. The van der Waals surface area contributed by atoms with Gasteiger partial charge in [-0.2, -0.15) is 5.10 Å². The summed E-state index contributed by atoms with van der Waals surface area (Å²) in [5.41, 5.74) is 2.80. The summed E-state index contributed by atoms with van der Waals surface area (Å²) in [5, 5.41) is 9.31. The maximum atomic E-state index is 12.2. The molecule has 2 heterocycles. The fourth-order valence-electron chi connectivity index (χ4n) is 2.77. The van der Waals surface area contributed by atoms with Crippen LogP contribution in [0.15, 0.2) is 60.1 Å². The van der Waals surface area contributed by atoms with Gasteiger partial charge in [-0.25, -0.2) is 4.79 Å². The minimum absolute atomic E-state index is 0.277. The molecule has 3 rings (SSSR count). The molecule has 1 aromatic carbocycles. The lowest BCUT2D eigenvalue weighted by Crippen LogP contribution is -2.38. The first-order valence-corrected chi connectivity index (χ1v) is 10.2. The van der Waals surface area contributed by atoms with Crippen molar-refractivity contribution in [3.63, 3.8) is 0 Å². The van der Waals surface area contributed by atoms with Gasteiger partial charge in [-0.1, -0.05) is 36.4 Å². The molecule has 2 aromatic heterocycles. The Morgan fingerprint density at radius 2 is 2.03 bits per heavy atom. The standard InChI is InChI=1S/C22H23N3O3S/c1-3-28-22(27)16(2)23-20(26)12-11-18-15-25(14-17-8-5-4-6-9-17)24-21(18)19-10-7-13-29-19/h4-13,15-16H,3,14H2,1-2H3,(H,23,26). The van der Waals surface area contributed by atoms with E-state index >= 15 is 0 Å². The van der Waals surface area contributed by atoms with Gasteiger partial charge in [-0.05, 0) is 36.9 Å². The largest absolute Gasteiger partial charge is 0.464 e. The summed E-state index contributed by atoms with van der Waals surface area (Å²) in [4.78, 5) is 24.9. The highest BCUT2D eigenvalue weighted by Crippen LogP contribution is 2.27. The van der Waals surface area contributed by atoms with E-state index in [4.69, 9.17) is 9.84 Å². The van der Waals surface area contributed by atoms with E-state index in [-0.39, 0.29) is 12.5 Å². The van der Waals surface area contributed by atoms with Crippen LogP contribution in [-0.4, -0.2) is 34.3 Å². The Labute approximate surface area is 173 Å². The predicted molar refractivity (Wildman–Crippen MR) is 114 cm³/mol. The average Bonchev–Trinajstić information content (AvgIpc) is 3.37. The highest BCUT2D eigenvalue weighted by Gasteiger charge is 2.15. The maximum Gasteiger partial charge on any atom is 0.328 e. The second-order valence-corrected chi connectivity index (χ2v) is 7.36. The van der Waals surface area contributed by atoms with Crippen molar-refractivity contribution in [2.24, 2.45) is 0 Å². The van der Waals surface area contributed by atoms with Gasteiger partial charge in [0.05, 0.1) is 18.0 Å². The predicted octanol–water partition coefficient (Wildman–Crippen LogP) is 3.74. The molecule has 1 atom stereocenters. The molecule has 1 unspecified atom stereocenters.